The predicted octanol–water partition coefficient (Wildman–Crippen LogP) is 4.14. The molecule has 0 bridgehead atoms. The highest BCUT2D eigenvalue weighted by Gasteiger charge is 2.36. The van der Waals surface area contributed by atoms with Gasteiger partial charge in [0.25, 0.3) is 5.91 Å². The van der Waals surface area contributed by atoms with Crippen molar-refractivity contribution in [3.05, 3.63) is 52.7 Å². The number of hydrogen-bond acceptors (Lipinski definition) is 3. The smallest absolute Gasteiger partial charge is 0.260 e. The number of carbonyl (C=O) groups is 1. The minimum Gasteiger partial charge on any atom is -0.481 e. The zero-order chi connectivity index (χ0) is 16.1. The van der Waals surface area contributed by atoms with Gasteiger partial charge >= 0.3 is 0 Å². The summed E-state index contributed by atoms with van der Waals surface area (Å²) >= 11 is 1.73. The molecule has 3 rings (SSSR count). The maximum Gasteiger partial charge on any atom is 0.260 e. The van der Waals surface area contributed by atoms with Gasteiger partial charge in [0.2, 0.25) is 0 Å². The first-order valence-electron chi connectivity index (χ1n) is 8.22. The molecule has 2 aromatic rings. The normalized spacial score (nSPS) is 17.6. The van der Waals surface area contributed by atoms with E-state index in [-0.39, 0.29) is 11.3 Å². The first-order chi connectivity index (χ1) is 11.2. The second kappa shape index (κ2) is 7.18. The quantitative estimate of drug-likeness (QED) is 0.865. The molecule has 0 aliphatic heterocycles. The third-order valence-corrected chi connectivity index (χ3v) is 5.40. The Morgan fingerprint density at radius 1 is 1.26 bits per heavy atom. The average molecular weight is 329 g/mol. The molecular weight excluding hydrogens is 306 g/mol. The van der Waals surface area contributed by atoms with Crippen molar-refractivity contribution in [1.29, 1.82) is 0 Å². The van der Waals surface area contributed by atoms with Crippen molar-refractivity contribution in [3.63, 3.8) is 0 Å². The minimum absolute atomic E-state index is 0.0460. The lowest BCUT2D eigenvalue weighted by atomic mass is 9.80. The molecule has 1 atom stereocenters. The Bertz CT molecular complexity index is 618. The van der Waals surface area contributed by atoms with Gasteiger partial charge in [-0.3, -0.25) is 4.79 Å². The number of nitrogens with one attached hydrogen (secondary N) is 1. The number of thiophene rings is 1. The van der Waals surface area contributed by atoms with Gasteiger partial charge in [0, 0.05) is 12.0 Å². The first kappa shape index (κ1) is 16.1. The minimum atomic E-state index is -0.488. The van der Waals surface area contributed by atoms with Gasteiger partial charge in [0.15, 0.2) is 6.10 Å². The summed E-state index contributed by atoms with van der Waals surface area (Å²) in [4.78, 5) is 12.4. The number of para-hydroxylation sites is 1. The van der Waals surface area contributed by atoms with Crippen molar-refractivity contribution in [2.24, 2.45) is 0 Å². The second-order valence-electron chi connectivity index (χ2n) is 6.29. The Balaban J connectivity index is 1.59. The van der Waals surface area contributed by atoms with E-state index in [4.69, 9.17) is 4.74 Å². The number of carbonyl (C=O) groups excluding carboxylic acids is 1. The van der Waals surface area contributed by atoms with E-state index in [2.05, 4.69) is 22.1 Å². The largest absolute Gasteiger partial charge is 0.481 e. The van der Waals surface area contributed by atoms with Crippen LogP contribution in [0.4, 0.5) is 0 Å². The zero-order valence-corrected chi connectivity index (χ0v) is 14.3. The summed E-state index contributed by atoms with van der Waals surface area (Å²) in [5.41, 5.74) is 1.49. The van der Waals surface area contributed by atoms with Crippen molar-refractivity contribution in [3.8, 4) is 5.75 Å². The van der Waals surface area contributed by atoms with E-state index < -0.39 is 6.10 Å². The molecule has 1 amide bonds. The lowest BCUT2D eigenvalue weighted by Gasteiger charge is -2.29. The summed E-state index contributed by atoms with van der Waals surface area (Å²) in [6.07, 6.45) is 4.29. The third kappa shape index (κ3) is 3.75. The number of amides is 1. The van der Waals surface area contributed by atoms with Crippen LogP contribution in [0, 0.1) is 0 Å². The Hall–Kier alpha value is -1.81. The number of ether oxygens (including phenoxy) is 1. The van der Waals surface area contributed by atoms with Gasteiger partial charge < -0.3 is 10.1 Å². The molecule has 1 aromatic carbocycles. The maximum absolute atomic E-state index is 12.4. The summed E-state index contributed by atoms with van der Waals surface area (Å²) in [6.45, 7) is 2.50. The average Bonchev–Trinajstić information content (AvgIpc) is 3.25. The molecule has 1 aliphatic rings. The van der Waals surface area contributed by atoms with E-state index in [1.165, 1.54) is 18.4 Å². The van der Waals surface area contributed by atoms with Crippen molar-refractivity contribution in [1.82, 2.24) is 5.32 Å². The molecule has 3 nitrogen and oxygen atoms in total. The highest BCUT2D eigenvalue weighted by atomic mass is 32.1. The summed E-state index contributed by atoms with van der Waals surface area (Å²) in [7, 11) is 0. The van der Waals surface area contributed by atoms with Crippen LogP contribution >= 0.6 is 11.3 Å². The summed E-state index contributed by atoms with van der Waals surface area (Å²) < 4.78 is 5.70. The van der Waals surface area contributed by atoms with E-state index in [1.807, 2.05) is 30.3 Å². The van der Waals surface area contributed by atoms with E-state index in [1.54, 1.807) is 18.3 Å². The van der Waals surface area contributed by atoms with Crippen molar-refractivity contribution >= 4 is 17.2 Å². The van der Waals surface area contributed by atoms with E-state index in [0.29, 0.717) is 6.54 Å². The van der Waals surface area contributed by atoms with Gasteiger partial charge in [-0.25, -0.2) is 0 Å². The van der Waals surface area contributed by atoms with Gasteiger partial charge in [0.05, 0.1) is 0 Å². The van der Waals surface area contributed by atoms with Crippen molar-refractivity contribution in [2.45, 2.75) is 44.1 Å². The molecule has 122 valence electrons. The third-order valence-electron chi connectivity index (χ3n) is 4.72. The molecule has 1 aromatic heterocycles. The standard InChI is InChI=1S/C19H23NO2S/c1-15(22-17-7-3-2-4-8-17)18(21)20-14-19(10-5-6-11-19)16-9-12-23-13-16/h2-4,7-9,12-13,15H,5-6,10-11,14H2,1H3,(H,20,21). The molecular formula is C19H23NO2S. The van der Waals surface area contributed by atoms with Crippen LogP contribution in [-0.2, 0) is 10.2 Å². The molecule has 1 aliphatic carbocycles. The van der Waals surface area contributed by atoms with Gasteiger partial charge in [-0.1, -0.05) is 31.0 Å². The van der Waals surface area contributed by atoms with Crippen LogP contribution in [0.1, 0.15) is 38.2 Å². The van der Waals surface area contributed by atoms with Gasteiger partial charge in [-0.05, 0) is 54.3 Å². The fourth-order valence-electron chi connectivity index (χ4n) is 3.34. The maximum atomic E-state index is 12.4. The monoisotopic (exact) mass is 329 g/mol. The Labute approximate surface area is 141 Å². The molecule has 4 heteroatoms. The van der Waals surface area contributed by atoms with E-state index in [9.17, 15) is 4.79 Å². The lowest BCUT2D eigenvalue weighted by molar-refractivity contribution is -0.127. The molecule has 0 saturated heterocycles. The lowest BCUT2D eigenvalue weighted by Crippen LogP contribution is -2.43. The van der Waals surface area contributed by atoms with Gasteiger partial charge in [-0.15, -0.1) is 0 Å². The fraction of sp³-hybridized carbons (Fsp3) is 0.421. The molecule has 1 saturated carbocycles. The molecule has 23 heavy (non-hydrogen) atoms. The summed E-state index contributed by atoms with van der Waals surface area (Å²) in [6, 6.07) is 11.7. The zero-order valence-electron chi connectivity index (χ0n) is 13.5. The Morgan fingerprint density at radius 2 is 2.00 bits per heavy atom. The summed E-state index contributed by atoms with van der Waals surface area (Å²) in [5.74, 6) is 0.680. The molecule has 0 spiro atoms. The molecule has 1 unspecified atom stereocenters. The van der Waals surface area contributed by atoms with Gasteiger partial charge in [0.1, 0.15) is 5.75 Å². The second-order valence-corrected chi connectivity index (χ2v) is 7.07. The Kier molecular flexibility index (Phi) is 5.01. The van der Waals surface area contributed by atoms with Crippen LogP contribution in [0.25, 0.3) is 0 Å². The first-order valence-corrected chi connectivity index (χ1v) is 9.16. The highest BCUT2D eigenvalue weighted by Crippen LogP contribution is 2.41. The topological polar surface area (TPSA) is 38.3 Å². The van der Waals surface area contributed by atoms with Crippen molar-refractivity contribution < 1.29 is 9.53 Å². The van der Waals surface area contributed by atoms with Crippen LogP contribution in [0.2, 0.25) is 0 Å². The Morgan fingerprint density at radius 3 is 2.65 bits per heavy atom. The van der Waals surface area contributed by atoms with Crippen LogP contribution in [0.3, 0.4) is 0 Å². The SMILES string of the molecule is CC(Oc1ccccc1)C(=O)NCC1(c2ccsc2)CCCC1. The molecule has 1 fully saturated rings. The van der Waals surface area contributed by atoms with Crippen LogP contribution in [0.5, 0.6) is 5.75 Å². The van der Waals surface area contributed by atoms with Crippen molar-refractivity contribution in [2.75, 3.05) is 6.54 Å². The van der Waals surface area contributed by atoms with Crippen LogP contribution in [-0.4, -0.2) is 18.6 Å². The number of rotatable bonds is 6. The predicted molar refractivity (Wildman–Crippen MR) is 94.0 cm³/mol. The molecule has 0 radical (unpaired) electrons. The fourth-order valence-corrected chi connectivity index (χ4v) is 4.12. The molecule has 1 heterocycles. The molecule has 1 N–H and O–H groups in total. The number of benzene rings is 1. The number of hydrogen-bond donors (Lipinski definition) is 1. The van der Waals surface area contributed by atoms with E-state index >= 15 is 0 Å². The van der Waals surface area contributed by atoms with Crippen LogP contribution < -0.4 is 10.1 Å². The van der Waals surface area contributed by atoms with Gasteiger partial charge in [-0.2, -0.15) is 11.3 Å². The highest BCUT2D eigenvalue weighted by molar-refractivity contribution is 7.08. The van der Waals surface area contributed by atoms with Crippen LogP contribution in [0.15, 0.2) is 47.2 Å². The van der Waals surface area contributed by atoms with E-state index in [0.717, 1.165) is 18.6 Å². The summed E-state index contributed by atoms with van der Waals surface area (Å²) in [5, 5.41) is 7.46.